The van der Waals surface area contributed by atoms with Gasteiger partial charge < -0.3 is 4.90 Å². The van der Waals surface area contributed by atoms with Crippen molar-refractivity contribution in [3.8, 4) is 0 Å². The minimum absolute atomic E-state index is 0.0486. The highest BCUT2D eigenvalue weighted by molar-refractivity contribution is 8.19. The zero-order chi connectivity index (χ0) is 26.2. The summed E-state index contributed by atoms with van der Waals surface area (Å²) in [6.45, 7) is 1.48. The molecule has 0 aromatic heterocycles. The van der Waals surface area contributed by atoms with Crippen LogP contribution in [0.5, 0.6) is 0 Å². The Balaban J connectivity index is 1.50. The number of nitrogens with zero attached hydrogens (tertiary/aromatic N) is 3. The predicted molar refractivity (Wildman–Crippen MR) is 147 cm³/mol. The van der Waals surface area contributed by atoms with Gasteiger partial charge in [-0.3, -0.25) is 14.5 Å². The van der Waals surface area contributed by atoms with Crippen LogP contribution in [0.3, 0.4) is 0 Å². The van der Waals surface area contributed by atoms with Gasteiger partial charge in [-0.15, -0.1) is 0 Å². The molecule has 11 heteroatoms. The molecule has 37 heavy (non-hydrogen) atoms. The zero-order valence-corrected chi connectivity index (χ0v) is 22.4. The van der Waals surface area contributed by atoms with E-state index < -0.39 is 15.9 Å². The van der Waals surface area contributed by atoms with Gasteiger partial charge in [-0.2, -0.15) is 0 Å². The molecule has 0 spiro atoms. The minimum Gasteiger partial charge on any atom is -0.337 e. The van der Waals surface area contributed by atoms with Crippen molar-refractivity contribution < 1.29 is 18.0 Å². The number of para-hydroxylation sites is 1. The van der Waals surface area contributed by atoms with E-state index in [1.165, 1.54) is 23.9 Å². The molecule has 0 unspecified atom stereocenters. The largest absolute Gasteiger partial charge is 0.337 e. The molecule has 2 aliphatic rings. The molecule has 1 fully saturated rings. The third-order valence-electron chi connectivity index (χ3n) is 5.63. The molecule has 188 valence electrons. The molecule has 2 heterocycles. The van der Waals surface area contributed by atoms with Crippen molar-refractivity contribution in [3.05, 3.63) is 94.4 Å². The normalized spacial score (nSPS) is 18.4. The SMILES string of the molecule is CC(=O)NS(=O)(=O)c1ccc(N=C2SC(=C3Sc4ccccc4N3C)C(=O)N2Cc2ccccc2)cc1. The van der Waals surface area contributed by atoms with Crippen LogP contribution in [0.25, 0.3) is 0 Å². The van der Waals surface area contributed by atoms with E-state index in [1.807, 2.05) is 71.3 Å². The molecule has 3 aromatic rings. The van der Waals surface area contributed by atoms with E-state index in [0.29, 0.717) is 22.3 Å². The van der Waals surface area contributed by atoms with Crippen LogP contribution in [-0.4, -0.2) is 37.3 Å². The molecule has 1 N–H and O–H groups in total. The van der Waals surface area contributed by atoms with E-state index >= 15 is 0 Å². The van der Waals surface area contributed by atoms with E-state index in [4.69, 9.17) is 4.99 Å². The Kier molecular flexibility index (Phi) is 6.84. The maximum Gasteiger partial charge on any atom is 0.269 e. The molecule has 5 rings (SSSR count). The second-order valence-corrected chi connectivity index (χ2v) is 12.0. The van der Waals surface area contributed by atoms with Crippen molar-refractivity contribution in [1.29, 1.82) is 0 Å². The summed E-state index contributed by atoms with van der Waals surface area (Å²) in [4.78, 5) is 34.9. The summed E-state index contributed by atoms with van der Waals surface area (Å²) in [5, 5.41) is 1.34. The van der Waals surface area contributed by atoms with Gasteiger partial charge in [-0.1, -0.05) is 54.2 Å². The highest BCUT2D eigenvalue weighted by atomic mass is 32.2. The first-order valence-corrected chi connectivity index (χ1v) is 14.4. The maximum absolute atomic E-state index is 13.7. The molecule has 0 atom stereocenters. The highest BCUT2D eigenvalue weighted by Gasteiger charge is 2.39. The van der Waals surface area contributed by atoms with Crippen LogP contribution >= 0.6 is 23.5 Å². The van der Waals surface area contributed by atoms with Crippen LogP contribution in [0, 0.1) is 0 Å². The Morgan fingerprint density at radius 3 is 2.30 bits per heavy atom. The molecule has 0 radical (unpaired) electrons. The lowest BCUT2D eigenvalue weighted by Crippen LogP contribution is -2.29. The third-order valence-corrected chi connectivity index (χ3v) is 9.51. The van der Waals surface area contributed by atoms with Crippen molar-refractivity contribution in [2.45, 2.75) is 23.3 Å². The van der Waals surface area contributed by atoms with E-state index in [9.17, 15) is 18.0 Å². The van der Waals surface area contributed by atoms with Crippen LogP contribution in [0.2, 0.25) is 0 Å². The molecule has 0 bridgehead atoms. The van der Waals surface area contributed by atoms with E-state index in [0.717, 1.165) is 28.1 Å². The summed E-state index contributed by atoms with van der Waals surface area (Å²) in [6.07, 6.45) is 0. The molecule has 3 aromatic carbocycles. The van der Waals surface area contributed by atoms with Crippen molar-refractivity contribution in [2.24, 2.45) is 4.99 Å². The summed E-state index contributed by atoms with van der Waals surface area (Å²) in [7, 11) is -2.01. The quantitative estimate of drug-likeness (QED) is 0.460. The molecule has 2 amide bonds. The third kappa shape index (κ3) is 5.15. The van der Waals surface area contributed by atoms with Crippen molar-refractivity contribution in [1.82, 2.24) is 9.62 Å². The number of sulfonamides is 1. The number of thioether (sulfide) groups is 2. The standard InChI is InChI=1S/C26H22N4O4S3/c1-17(31)28-37(33,34)20-14-12-19(13-15-20)27-26-30(16-18-8-4-3-5-9-18)24(32)23(36-26)25-29(2)21-10-6-7-11-22(21)35-25/h3-15H,16H2,1-2H3,(H,28,31). The minimum atomic E-state index is -3.95. The number of amides is 2. The van der Waals surface area contributed by atoms with Crippen molar-refractivity contribution in [2.75, 3.05) is 11.9 Å². The monoisotopic (exact) mass is 550 g/mol. The number of hydrogen-bond donors (Lipinski definition) is 1. The molecular formula is C26H22N4O4S3. The van der Waals surface area contributed by atoms with Gasteiger partial charge in [-0.25, -0.2) is 18.1 Å². The van der Waals surface area contributed by atoms with Crippen LogP contribution in [-0.2, 0) is 26.2 Å². The number of nitrogens with one attached hydrogen (secondary N) is 1. The molecule has 0 aliphatic carbocycles. The second-order valence-electron chi connectivity index (χ2n) is 8.29. The smallest absolute Gasteiger partial charge is 0.269 e. The first kappa shape index (κ1) is 25.1. The summed E-state index contributed by atoms with van der Waals surface area (Å²) >= 11 is 2.85. The first-order chi connectivity index (χ1) is 17.7. The van der Waals surface area contributed by atoms with Gasteiger partial charge >= 0.3 is 0 Å². The number of anilines is 1. The number of carbonyl (C=O) groups excluding carboxylic acids is 2. The number of fused-ring (bicyclic) bond motifs is 1. The summed E-state index contributed by atoms with van der Waals surface area (Å²) in [5.74, 6) is -0.807. The topological polar surface area (TPSA) is 99.1 Å². The lowest BCUT2D eigenvalue weighted by Gasteiger charge is -2.17. The number of aliphatic imine (C=N–C) groups is 1. The fourth-order valence-corrected chi connectivity index (χ4v) is 7.22. The van der Waals surface area contributed by atoms with Gasteiger partial charge in [0.2, 0.25) is 5.91 Å². The summed E-state index contributed by atoms with van der Waals surface area (Å²) in [5.41, 5.74) is 2.49. The zero-order valence-electron chi connectivity index (χ0n) is 19.9. The van der Waals surface area contributed by atoms with Crippen LogP contribution in [0.15, 0.2) is 104 Å². The second kappa shape index (κ2) is 10.1. The Bertz CT molecular complexity index is 1550. The lowest BCUT2D eigenvalue weighted by atomic mass is 10.2. The first-order valence-electron chi connectivity index (χ1n) is 11.2. The van der Waals surface area contributed by atoms with Crippen molar-refractivity contribution in [3.63, 3.8) is 0 Å². The Labute approximate surface area is 223 Å². The lowest BCUT2D eigenvalue weighted by molar-refractivity contribution is -0.122. The average molecular weight is 551 g/mol. The number of amidine groups is 1. The molecule has 8 nitrogen and oxygen atoms in total. The van der Waals surface area contributed by atoms with Gasteiger partial charge in [-0.05, 0) is 53.7 Å². The van der Waals surface area contributed by atoms with Crippen LogP contribution in [0.4, 0.5) is 11.4 Å². The molecule has 1 saturated heterocycles. The number of carbonyl (C=O) groups is 2. The summed E-state index contributed by atoms with van der Waals surface area (Å²) in [6, 6.07) is 23.5. The van der Waals surface area contributed by atoms with Crippen LogP contribution in [0.1, 0.15) is 12.5 Å². The molecule has 0 saturated carbocycles. The fraction of sp³-hybridized carbons (Fsp3) is 0.115. The molecular weight excluding hydrogens is 529 g/mol. The van der Waals surface area contributed by atoms with E-state index in [2.05, 4.69) is 0 Å². The van der Waals surface area contributed by atoms with Gasteiger partial charge in [0.1, 0.15) is 4.91 Å². The van der Waals surface area contributed by atoms with Crippen LogP contribution < -0.4 is 9.62 Å². The molecule has 2 aliphatic heterocycles. The fourth-order valence-electron chi connectivity index (χ4n) is 3.88. The number of hydrogen-bond acceptors (Lipinski definition) is 8. The highest BCUT2D eigenvalue weighted by Crippen LogP contribution is 2.50. The van der Waals surface area contributed by atoms with Gasteiger partial charge in [0, 0.05) is 18.9 Å². The van der Waals surface area contributed by atoms with Gasteiger partial charge in [0.25, 0.3) is 15.9 Å². The van der Waals surface area contributed by atoms with E-state index in [-0.39, 0.29) is 10.8 Å². The Morgan fingerprint density at radius 2 is 1.62 bits per heavy atom. The Hall–Kier alpha value is -3.54. The summed E-state index contributed by atoms with van der Waals surface area (Å²) < 4.78 is 26.5. The van der Waals surface area contributed by atoms with E-state index in [1.54, 1.807) is 28.8 Å². The number of benzene rings is 3. The van der Waals surface area contributed by atoms with Crippen molar-refractivity contribution >= 4 is 61.9 Å². The van der Waals surface area contributed by atoms with Gasteiger partial charge in [0.05, 0.1) is 27.8 Å². The maximum atomic E-state index is 13.7. The van der Waals surface area contributed by atoms with Gasteiger partial charge in [0.15, 0.2) is 5.17 Å². The predicted octanol–water partition coefficient (Wildman–Crippen LogP) is 4.69. The average Bonchev–Trinajstić information content (AvgIpc) is 3.36. The Morgan fingerprint density at radius 1 is 0.946 bits per heavy atom. The number of rotatable bonds is 5.